The van der Waals surface area contributed by atoms with E-state index in [2.05, 4.69) is 22.9 Å². The smallest absolute Gasteiger partial charge is 0.119 e. The topological polar surface area (TPSA) is 35.2 Å². The monoisotopic (exact) mass is 311 g/mol. The molecule has 3 heteroatoms. The fourth-order valence-electron chi connectivity index (χ4n) is 2.71. The second-order valence-corrected chi connectivity index (χ2v) is 6.35. The predicted octanol–water partition coefficient (Wildman–Crippen LogP) is 3.98. The van der Waals surface area contributed by atoms with E-state index in [4.69, 9.17) is 10.5 Å². The molecule has 0 saturated heterocycles. The summed E-state index contributed by atoms with van der Waals surface area (Å²) in [6.45, 7) is 3.10. The van der Waals surface area contributed by atoms with Gasteiger partial charge in [-0.1, -0.05) is 22.9 Å². The lowest BCUT2D eigenvalue weighted by atomic mass is 9.78. The fourth-order valence-corrected chi connectivity index (χ4v) is 2.98. The molecule has 0 bridgehead atoms. The summed E-state index contributed by atoms with van der Waals surface area (Å²) in [7, 11) is 0. The van der Waals surface area contributed by atoms with Gasteiger partial charge in [-0.25, -0.2) is 0 Å². The molecular weight excluding hydrogens is 290 g/mol. The Balaban J connectivity index is 1.76. The van der Waals surface area contributed by atoms with Gasteiger partial charge in [0.05, 0.1) is 6.61 Å². The first-order valence-electron chi connectivity index (χ1n) is 6.79. The zero-order valence-corrected chi connectivity index (χ0v) is 12.5. The molecule has 1 aromatic carbocycles. The van der Waals surface area contributed by atoms with Crippen LogP contribution in [-0.4, -0.2) is 12.6 Å². The van der Waals surface area contributed by atoms with Crippen LogP contribution in [0.4, 0.5) is 0 Å². The minimum atomic E-state index is 0.370. The van der Waals surface area contributed by atoms with Crippen molar-refractivity contribution in [2.24, 2.45) is 17.6 Å². The zero-order valence-electron chi connectivity index (χ0n) is 10.9. The lowest BCUT2D eigenvalue weighted by Gasteiger charge is -2.32. The largest absolute Gasteiger partial charge is 0.494 e. The molecule has 18 heavy (non-hydrogen) atoms. The van der Waals surface area contributed by atoms with Gasteiger partial charge in [0, 0.05) is 10.5 Å². The summed E-state index contributed by atoms with van der Waals surface area (Å²) in [5.74, 6) is 2.39. The van der Waals surface area contributed by atoms with E-state index >= 15 is 0 Å². The van der Waals surface area contributed by atoms with Gasteiger partial charge in [0.15, 0.2) is 0 Å². The predicted molar refractivity (Wildman–Crippen MR) is 78.7 cm³/mol. The molecule has 0 aromatic heterocycles. The molecule has 2 nitrogen and oxygen atoms in total. The van der Waals surface area contributed by atoms with Gasteiger partial charge < -0.3 is 10.5 Å². The van der Waals surface area contributed by atoms with Crippen molar-refractivity contribution in [3.05, 3.63) is 28.7 Å². The molecule has 0 amide bonds. The number of ether oxygens (including phenoxy) is 1. The number of benzene rings is 1. The van der Waals surface area contributed by atoms with Crippen LogP contribution in [0.15, 0.2) is 28.7 Å². The van der Waals surface area contributed by atoms with Gasteiger partial charge in [0.1, 0.15) is 5.75 Å². The van der Waals surface area contributed by atoms with Gasteiger partial charge in [-0.15, -0.1) is 0 Å². The van der Waals surface area contributed by atoms with Crippen molar-refractivity contribution in [1.29, 1.82) is 0 Å². The molecule has 0 heterocycles. The molecule has 1 fully saturated rings. The standard InChI is InChI=1S/C15H22BrNO/c1-11-2-7-15(17)12(10-11)8-9-18-14-5-3-13(16)4-6-14/h3-6,11-12,15H,2,7-10,17H2,1H3. The second-order valence-electron chi connectivity index (χ2n) is 5.43. The van der Waals surface area contributed by atoms with Crippen molar-refractivity contribution in [1.82, 2.24) is 0 Å². The van der Waals surface area contributed by atoms with Gasteiger partial charge in [-0.2, -0.15) is 0 Å². The van der Waals surface area contributed by atoms with Crippen LogP contribution in [0.25, 0.3) is 0 Å². The van der Waals surface area contributed by atoms with Crippen LogP contribution in [0, 0.1) is 11.8 Å². The molecular formula is C15H22BrNO. The summed E-state index contributed by atoms with van der Waals surface area (Å²) in [6, 6.07) is 8.36. The number of nitrogens with two attached hydrogens (primary N) is 1. The summed E-state index contributed by atoms with van der Waals surface area (Å²) in [4.78, 5) is 0. The molecule has 3 unspecified atom stereocenters. The SMILES string of the molecule is CC1CCC(N)C(CCOc2ccc(Br)cc2)C1. The Hall–Kier alpha value is -0.540. The van der Waals surface area contributed by atoms with Crippen molar-refractivity contribution >= 4 is 15.9 Å². The maximum atomic E-state index is 6.18. The Bertz CT molecular complexity index is 365. The van der Waals surface area contributed by atoms with E-state index in [1.54, 1.807) is 0 Å². The van der Waals surface area contributed by atoms with E-state index in [0.717, 1.165) is 29.2 Å². The van der Waals surface area contributed by atoms with E-state index < -0.39 is 0 Å². The first-order chi connectivity index (χ1) is 8.65. The lowest BCUT2D eigenvalue weighted by molar-refractivity contribution is 0.195. The number of halogens is 1. The third-order valence-corrected chi connectivity index (χ3v) is 4.40. The van der Waals surface area contributed by atoms with Crippen LogP contribution < -0.4 is 10.5 Å². The minimum Gasteiger partial charge on any atom is -0.494 e. The van der Waals surface area contributed by atoms with E-state index in [1.165, 1.54) is 19.3 Å². The van der Waals surface area contributed by atoms with Crippen LogP contribution in [-0.2, 0) is 0 Å². The summed E-state index contributed by atoms with van der Waals surface area (Å²) in [6.07, 6.45) is 4.78. The van der Waals surface area contributed by atoms with Crippen LogP contribution in [0.3, 0.4) is 0 Å². The van der Waals surface area contributed by atoms with Crippen molar-refractivity contribution in [2.75, 3.05) is 6.61 Å². The molecule has 1 saturated carbocycles. The summed E-state index contributed by atoms with van der Waals surface area (Å²) >= 11 is 3.42. The Kier molecular flexibility index (Phi) is 5.07. The average molecular weight is 312 g/mol. The Morgan fingerprint density at radius 1 is 1.28 bits per heavy atom. The maximum absolute atomic E-state index is 6.18. The van der Waals surface area contributed by atoms with E-state index in [0.29, 0.717) is 12.0 Å². The van der Waals surface area contributed by atoms with Crippen LogP contribution in [0.2, 0.25) is 0 Å². The number of hydrogen-bond donors (Lipinski definition) is 1. The highest BCUT2D eigenvalue weighted by Crippen LogP contribution is 2.30. The maximum Gasteiger partial charge on any atom is 0.119 e. The minimum absolute atomic E-state index is 0.370. The third kappa shape index (κ3) is 3.99. The van der Waals surface area contributed by atoms with Crippen LogP contribution in [0.1, 0.15) is 32.6 Å². The van der Waals surface area contributed by atoms with Gasteiger partial charge in [-0.3, -0.25) is 0 Å². The first-order valence-corrected chi connectivity index (χ1v) is 7.58. The normalized spacial score (nSPS) is 28.1. The van der Waals surface area contributed by atoms with Gasteiger partial charge in [-0.05, 0) is 61.8 Å². The highest BCUT2D eigenvalue weighted by Gasteiger charge is 2.25. The van der Waals surface area contributed by atoms with Gasteiger partial charge >= 0.3 is 0 Å². The molecule has 1 aromatic rings. The Morgan fingerprint density at radius 3 is 2.72 bits per heavy atom. The number of hydrogen-bond acceptors (Lipinski definition) is 2. The summed E-state index contributed by atoms with van der Waals surface area (Å²) < 4.78 is 6.85. The number of rotatable bonds is 4. The molecule has 1 aliphatic rings. The van der Waals surface area contributed by atoms with Gasteiger partial charge in [0.25, 0.3) is 0 Å². The second kappa shape index (κ2) is 6.58. The molecule has 0 radical (unpaired) electrons. The molecule has 0 aliphatic heterocycles. The van der Waals surface area contributed by atoms with Crippen molar-refractivity contribution in [3.8, 4) is 5.75 Å². The van der Waals surface area contributed by atoms with E-state index in [-0.39, 0.29) is 0 Å². The molecule has 0 spiro atoms. The Labute approximate surface area is 118 Å². The van der Waals surface area contributed by atoms with Crippen molar-refractivity contribution < 1.29 is 4.74 Å². The van der Waals surface area contributed by atoms with E-state index in [1.807, 2.05) is 24.3 Å². The highest BCUT2D eigenvalue weighted by atomic mass is 79.9. The molecule has 2 rings (SSSR count). The van der Waals surface area contributed by atoms with Crippen LogP contribution >= 0.6 is 15.9 Å². The molecule has 2 N–H and O–H groups in total. The molecule has 100 valence electrons. The lowest BCUT2D eigenvalue weighted by Crippen LogP contribution is -2.36. The van der Waals surface area contributed by atoms with Crippen LogP contribution in [0.5, 0.6) is 5.75 Å². The Morgan fingerprint density at radius 2 is 2.00 bits per heavy atom. The quantitative estimate of drug-likeness (QED) is 0.912. The zero-order chi connectivity index (χ0) is 13.0. The van der Waals surface area contributed by atoms with Crippen molar-refractivity contribution in [2.45, 2.75) is 38.6 Å². The van der Waals surface area contributed by atoms with Gasteiger partial charge in [0.2, 0.25) is 0 Å². The summed E-state index contributed by atoms with van der Waals surface area (Å²) in [5, 5.41) is 0. The molecule has 3 atom stereocenters. The summed E-state index contributed by atoms with van der Waals surface area (Å²) in [5.41, 5.74) is 6.18. The van der Waals surface area contributed by atoms with Crippen molar-refractivity contribution in [3.63, 3.8) is 0 Å². The molecule has 1 aliphatic carbocycles. The fraction of sp³-hybridized carbons (Fsp3) is 0.600. The third-order valence-electron chi connectivity index (χ3n) is 3.87. The van der Waals surface area contributed by atoms with E-state index in [9.17, 15) is 0 Å². The average Bonchev–Trinajstić information content (AvgIpc) is 2.36. The highest BCUT2D eigenvalue weighted by molar-refractivity contribution is 9.10. The first kappa shape index (κ1) is 13.9.